The van der Waals surface area contributed by atoms with Crippen LogP contribution in [-0.2, 0) is 13.5 Å². The van der Waals surface area contributed by atoms with Gasteiger partial charge in [-0.15, -0.1) is 10.2 Å². The molecule has 0 aliphatic rings. The average Bonchev–Trinajstić information content (AvgIpc) is 2.94. The van der Waals surface area contributed by atoms with Crippen molar-refractivity contribution in [2.24, 2.45) is 7.05 Å². The Kier molecular flexibility index (Phi) is 6.46. The molecule has 1 aromatic heterocycles. The van der Waals surface area contributed by atoms with E-state index >= 15 is 0 Å². The van der Waals surface area contributed by atoms with E-state index in [0.717, 1.165) is 35.9 Å². The van der Waals surface area contributed by atoms with E-state index in [2.05, 4.69) is 17.1 Å². The van der Waals surface area contributed by atoms with Gasteiger partial charge >= 0.3 is 0 Å². The molecule has 0 N–H and O–H groups in total. The minimum Gasteiger partial charge on any atom is -0.493 e. The summed E-state index contributed by atoms with van der Waals surface area (Å²) < 4.78 is 13.0. The van der Waals surface area contributed by atoms with Crippen molar-refractivity contribution in [3.05, 3.63) is 29.6 Å². The summed E-state index contributed by atoms with van der Waals surface area (Å²) in [5.74, 6) is 3.10. The number of carbonyl (C=O) groups is 1. The predicted molar refractivity (Wildman–Crippen MR) is 89.6 cm³/mol. The summed E-state index contributed by atoms with van der Waals surface area (Å²) >= 11 is 1.67. The molecule has 0 radical (unpaired) electrons. The van der Waals surface area contributed by atoms with E-state index in [-0.39, 0.29) is 0 Å². The zero-order valence-electron chi connectivity index (χ0n) is 13.6. The van der Waals surface area contributed by atoms with Crippen molar-refractivity contribution in [3.8, 4) is 11.5 Å². The standard InChI is InChI=1S/C16H21N3O3S/c1-4-15-17-18-16(19(15)2)23-9-5-8-22-13-7-6-12(11-20)10-14(13)21-3/h6-7,10-11H,4-5,8-9H2,1-3H3. The number of aromatic nitrogens is 3. The molecule has 0 amide bonds. The highest BCUT2D eigenvalue weighted by Gasteiger charge is 2.08. The Morgan fingerprint density at radius 2 is 2.13 bits per heavy atom. The quantitative estimate of drug-likeness (QED) is 0.399. The van der Waals surface area contributed by atoms with Crippen LogP contribution in [0.5, 0.6) is 11.5 Å². The number of aldehydes is 1. The second kappa shape index (κ2) is 8.57. The Bertz CT molecular complexity index is 658. The second-order valence-corrected chi connectivity index (χ2v) is 5.95. The number of hydrogen-bond donors (Lipinski definition) is 0. The van der Waals surface area contributed by atoms with Crippen LogP contribution in [0.15, 0.2) is 23.4 Å². The van der Waals surface area contributed by atoms with Crippen molar-refractivity contribution >= 4 is 18.0 Å². The second-order valence-electron chi connectivity index (χ2n) is 4.89. The Morgan fingerprint density at radius 3 is 2.78 bits per heavy atom. The molecule has 6 nitrogen and oxygen atoms in total. The molecule has 0 unspecified atom stereocenters. The maximum Gasteiger partial charge on any atom is 0.190 e. The van der Waals surface area contributed by atoms with E-state index in [1.54, 1.807) is 37.1 Å². The van der Waals surface area contributed by atoms with Crippen molar-refractivity contribution in [2.45, 2.75) is 24.9 Å². The number of ether oxygens (including phenoxy) is 2. The third kappa shape index (κ3) is 4.48. The zero-order chi connectivity index (χ0) is 16.7. The summed E-state index contributed by atoms with van der Waals surface area (Å²) in [5, 5.41) is 9.23. The van der Waals surface area contributed by atoms with E-state index in [0.29, 0.717) is 23.7 Å². The van der Waals surface area contributed by atoms with Gasteiger partial charge < -0.3 is 14.0 Å². The molecule has 7 heteroatoms. The van der Waals surface area contributed by atoms with Gasteiger partial charge in [-0.3, -0.25) is 4.79 Å². The normalized spacial score (nSPS) is 10.6. The monoisotopic (exact) mass is 335 g/mol. The van der Waals surface area contributed by atoms with E-state index < -0.39 is 0 Å². The summed E-state index contributed by atoms with van der Waals surface area (Å²) in [6.45, 7) is 2.64. The van der Waals surface area contributed by atoms with E-state index in [1.807, 2.05) is 11.6 Å². The van der Waals surface area contributed by atoms with Crippen LogP contribution in [-0.4, -0.2) is 40.5 Å². The third-order valence-corrected chi connectivity index (χ3v) is 4.45. The van der Waals surface area contributed by atoms with Crippen LogP contribution >= 0.6 is 11.8 Å². The highest BCUT2D eigenvalue weighted by molar-refractivity contribution is 7.99. The first-order chi connectivity index (χ1) is 11.2. The van der Waals surface area contributed by atoms with Crippen molar-refractivity contribution in [1.29, 1.82) is 0 Å². The van der Waals surface area contributed by atoms with Crippen molar-refractivity contribution in [2.75, 3.05) is 19.5 Å². The predicted octanol–water partition coefficient (Wildman–Crippen LogP) is 2.76. The van der Waals surface area contributed by atoms with Crippen molar-refractivity contribution < 1.29 is 14.3 Å². The molecular formula is C16H21N3O3S. The lowest BCUT2D eigenvalue weighted by atomic mass is 10.2. The van der Waals surface area contributed by atoms with Crippen LogP contribution < -0.4 is 9.47 Å². The summed E-state index contributed by atoms with van der Waals surface area (Å²) in [6.07, 6.45) is 2.54. The first-order valence-corrected chi connectivity index (χ1v) is 8.45. The van der Waals surface area contributed by atoms with E-state index in [1.165, 1.54) is 0 Å². The van der Waals surface area contributed by atoms with Gasteiger partial charge in [-0.1, -0.05) is 18.7 Å². The first kappa shape index (κ1) is 17.3. The van der Waals surface area contributed by atoms with Gasteiger partial charge in [0.1, 0.15) is 12.1 Å². The molecule has 0 fully saturated rings. The lowest BCUT2D eigenvalue weighted by Crippen LogP contribution is -2.02. The molecule has 0 atom stereocenters. The van der Waals surface area contributed by atoms with Crippen LogP contribution in [0.2, 0.25) is 0 Å². The van der Waals surface area contributed by atoms with Crippen LogP contribution in [0, 0.1) is 0 Å². The molecule has 2 aromatic rings. The summed E-state index contributed by atoms with van der Waals surface area (Å²) in [7, 11) is 3.54. The summed E-state index contributed by atoms with van der Waals surface area (Å²) in [5.41, 5.74) is 0.568. The number of thioether (sulfide) groups is 1. The topological polar surface area (TPSA) is 66.2 Å². The van der Waals surface area contributed by atoms with Crippen LogP contribution in [0.3, 0.4) is 0 Å². The van der Waals surface area contributed by atoms with Crippen molar-refractivity contribution in [1.82, 2.24) is 14.8 Å². The van der Waals surface area contributed by atoms with Crippen LogP contribution in [0.25, 0.3) is 0 Å². The number of rotatable bonds is 9. The van der Waals surface area contributed by atoms with Crippen LogP contribution in [0.4, 0.5) is 0 Å². The van der Waals surface area contributed by atoms with Gasteiger partial charge in [0.25, 0.3) is 0 Å². The van der Waals surface area contributed by atoms with Gasteiger partial charge in [0.15, 0.2) is 16.7 Å². The largest absolute Gasteiger partial charge is 0.493 e. The fourth-order valence-electron chi connectivity index (χ4n) is 2.06. The lowest BCUT2D eigenvalue weighted by Gasteiger charge is -2.10. The average molecular weight is 335 g/mol. The molecule has 124 valence electrons. The number of aryl methyl sites for hydroxylation is 1. The Hall–Kier alpha value is -2.02. The maximum absolute atomic E-state index is 10.8. The lowest BCUT2D eigenvalue weighted by molar-refractivity contribution is 0.112. The fraction of sp³-hybridized carbons (Fsp3) is 0.438. The minimum atomic E-state index is 0.568. The van der Waals surface area contributed by atoms with Crippen LogP contribution in [0.1, 0.15) is 29.5 Å². The fourth-order valence-corrected chi connectivity index (χ4v) is 2.90. The first-order valence-electron chi connectivity index (χ1n) is 7.46. The Labute approximate surface area is 140 Å². The number of hydrogen-bond acceptors (Lipinski definition) is 6. The number of carbonyl (C=O) groups excluding carboxylic acids is 1. The van der Waals surface area contributed by atoms with Gasteiger partial charge in [0.2, 0.25) is 0 Å². The summed E-state index contributed by atoms with van der Waals surface area (Å²) in [6, 6.07) is 5.14. The van der Waals surface area contributed by atoms with E-state index in [4.69, 9.17) is 9.47 Å². The van der Waals surface area contributed by atoms with Gasteiger partial charge in [0.05, 0.1) is 13.7 Å². The third-order valence-electron chi connectivity index (χ3n) is 3.34. The molecule has 1 aromatic carbocycles. The molecule has 0 saturated heterocycles. The molecule has 0 saturated carbocycles. The molecule has 0 aliphatic heterocycles. The highest BCUT2D eigenvalue weighted by Crippen LogP contribution is 2.27. The Balaban J connectivity index is 1.79. The minimum absolute atomic E-state index is 0.568. The maximum atomic E-state index is 10.8. The van der Waals surface area contributed by atoms with Gasteiger partial charge in [-0.25, -0.2) is 0 Å². The Morgan fingerprint density at radius 1 is 1.30 bits per heavy atom. The molecule has 23 heavy (non-hydrogen) atoms. The van der Waals surface area contributed by atoms with Gasteiger partial charge in [0, 0.05) is 24.8 Å². The van der Waals surface area contributed by atoms with Gasteiger partial charge in [-0.2, -0.15) is 0 Å². The SMILES string of the molecule is CCc1nnc(SCCCOc2ccc(C=O)cc2OC)n1C. The zero-order valence-corrected chi connectivity index (χ0v) is 14.4. The number of nitrogens with zero attached hydrogens (tertiary/aromatic N) is 3. The molecule has 0 spiro atoms. The van der Waals surface area contributed by atoms with E-state index in [9.17, 15) is 4.79 Å². The van der Waals surface area contributed by atoms with Gasteiger partial charge in [-0.05, 0) is 24.6 Å². The number of benzene rings is 1. The van der Waals surface area contributed by atoms with Crippen molar-refractivity contribution in [3.63, 3.8) is 0 Å². The highest BCUT2D eigenvalue weighted by atomic mass is 32.2. The molecule has 2 rings (SSSR count). The molecule has 1 heterocycles. The molecular weight excluding hydrogens is 314 g/mol. The molecule has 0 bridgehead atoms. The number of methoxy groups -OCH3 is 1. The smallest absolute Gasteiger partial charge is 0.190 e. The molecule has 0 aliphatic carbocycles. The summed E-state index contributed by atoms with van der Waals surface area (Å²) in [4.78, 5) is 10.8.